The van der Waals surface area contributed by atoms with Crippen LogP contribution in [0.4, 0.5) is 5.69 Å². The number of nitrogens with zero attached hydrogens (tertiary/aromatic N) is 1. The van der Waals surface area contributed by atoms with Gasteiger partial charge in [-0.15, -0.1) is 0 Å². The summed E-state index contributed by atoms with van der Waals surface area (Å²) in [6.45, 7) is 1.99. The minimum absolute atomic E-state index is 0.00884. The third-order valence-corrected chi connectivity index (χ3v) is 5.11. The molecule has 4 heteroatoms. The van der Waals surface area contributed by atoms with E-state index in [1.165, 1.54) is 4.90 Å². The van der Waals surface area contributed by atoms with Gasteiger partial charge >= 0.3 is 0 Å². The Morgan fingerprint density at radius 1 is 1.11 bits per heavy atom. The summed E-state index contributed by atoms with van der Waals surface area (Å²) < 4.78 is 0.931. The Labute approximate surface area is 121 Å². The van der Waals surface area contributed by atoms with Crippen LogP contribution in [0.2, 0.25) is 0 Å². The molecule has 1 aliphatic heterocycles. The lowest BCUT2D eigenvalue weighted by atomic mass is 9.81. The summed E-state index contributed by atoms with van der Waals surface area (Å²) >= 11 is 3.46. The van der Waals surface area contributed by atoms with Crippen LogP contribution in [0.15, 0.2) is 22.7 Å². The molecule has 1 aromatic rings. The fourth-order valence-electron chi connectivity index (χ4n) is 3.14. The number of carbonyl (C=O) groups excluding carboxylic acids is 2. The molecular formula is C15H16BrNO2. The van der Waals surface area contributed by atoms with Crippen LogP contribution in [0.5, 0.6) is 0 Å². The van der Waals surface area contributed by atoms with Gasteiger partial charge in [-0.1, -0.05) is 34.8 Å². The molecular weight excluding hydrogens is 306 g/mol. The zero-order chi connectivity index (χ0) is 13.6. The molecule has 1 saturated carbocycles. The highest BCUT2D eigenvalue weighted by atomic mass is 79.9. The topological polar surface area (TPSA) is 37.4 Å². The highest BCUT2D eigenvalue weighted by Crippen LogP contribution is 2.40. The van der Waals surface area contributed by atoms with Gasteiger partial charge in [-0.3, -0.25) is 14.5 Å². The second kappa shape index (κ2) is 4.75. The molecule has 0 aromatic heterocycles. The Bertz CT molecular complexity index is 531. The number of hydrogen-bond acceptors (Lipinski definition) is 2. The average Bonchev–Trinajstić information content (AvgIpc) is 2.66. The first kappa shape index (κ1) is 12.9. The van der Waals surface area contributed by atoms with E-state index in [-0.39, 0.29) is 23.7 Å². The molecule has 0 N–H and O–H groups in total. The normalized spacial score (nSPS) is 26.7. The molecule has 0 bridgehead atoms. The van der Waals surface area contributed by atoms with Crippen LogP contribution in [0, 0.1) is 18.8 Å². The van der Waals surface area contributed by atoms with Crippen molar-refractivity contribution in [2.24, 2.45) is 11.8 Å². The van der Waals surface area contributed by atoms with Gasteiger partial charge in [0.25, 0.3) is 0 Å². The molecule has 1 aliphatic carbocycles. The van der Waals surface area contributed by atoms with Crippen molar-refractivity contribution in [1.82, 2.24) is 0 Å². The fraction of sp³-hybridized carbons (Fsp3) is 0.467. The second-order valence-electron chi connectivity index (χ2n) is 5.44. The van der Waals surface area contributed by atoms with E-state index in [0.29, 0.717) is 5.69 Å². The molecule has 1 heterocycles. The van der Waals surface area contributed by atoms with Crippen molar-refractivity contribution in [3.05, 3.63) is 28.2 Å². The van der Waals surface area contributed by atoms with Gasteiger partial charge in [0.2, 0.25) is 11.8 Å². The first-order valence-corrected chi connectivity index (χ1v) is 7.53. The van der Waals surface area contributed by atoms with E-state index in [9.17, 15) is 9.59 Å². The number of fused-ring (bicyclic) bond motifs is 1. The summed E-state index contributed by atoms with van der Waals surface area (Å²) in [6, 6.07) is 5.65. The Morgan fingerprint density at radius 3 is 2.21 bits per heavy atom. The number of benzene rings is 1. The summed E-state index contributed by atoms with van der Waals surface area (Å²) in [5, 5.41) is 0. The van der Waals surface area contributed by atoms with Crippen LogP contribution >= 0.6 is 15.9 Å². The van der Waals surface area contributed by atoms with Gasteiger partial charge in [0.05, 0.1) is 17.5 Å². The number of aryl methyl sites for hydroxylation is 1. The van der Waals surface area contributed by atoms with E-state index < -0.39 is 0 Å². The van der Waals surface area contributed by atoms with Crippen molar-refractivity contribution in [3.8, 4) is 0 Å². The average molecular weight is 322 g/mol. The van der Waals surface area contributed by atoms with E-state index in [1.807, 2.05) is 25.1 Å². The molecule has 2 fully saturated rings. The lowest BCUT2D eigenvalue weighted by Gasteiger charge is -2.19. The van der Waals surface area contributed by atoms with Crippen LogP contribution in [-0.4, -0.2) is 11.8 Å². The quantitative estimate of drug-likeness (QED) is 0.743. The predicted octanol–water partition coefficient (Wildman–Crippen LogP) is 3.44. The van der Waals surface area contributed by atoms with Crippen molar-refractivity contribution in [1.29, 1.82) is 0 Å². The van der Waals surface area contributed by atoms with E-state index in [1.54, 1.807) is 0 Å². The summed E-state index contributed by atoms with van der Waals surface area (Å²) in [4.78, 5) is 26.3. The minimum Gasteiger partial charge on any atom is -0.274 e. The maximum absolute atomic E-state index is 12.4. The SMILES string of the molecule is Cc1ccc(N2C(=O)C3CCCCC3C2=O)cc1Br. The lowest BCUT2D eigenvalue weighted by molar-refractivity contribution is -0.122. The lowest BCUT2D eigenvalue weighted by Crippen LogP contribution is -2.30. The predicted molar refractivity (Wildman–Crippen MR) is 76.8 cm³/mol. The molecule has 0 spiro atoms. The molecule has 2 amide bonds. The van der Waals surface area contributed by atoms with Gasteiger partial charge in [0, 0.05) is 4.47 Å². The molecule has 3 rings (SSSR count). The zero-order valence-corrected chi connectivity index (χ0v) is 12.4. The fourth-order valence-corrected chi connectivity index (χ4v) is 3.50. The van der Waals surface area contributed by atoms with Gasteiger partial charge < -0.3 is 0 Å². The number of imide groups is 1. The van der Waals surface area contributed by atoms with Gasteiger partial charge in [0.15, 0.2) is 0 Å². The molecule has 19 heavy (non-hydrogen) atoms. The number of halogens is 1. The van der Waals surface area contributed by atoms with Gasteiger partial charge in [-0.05, 0) is 37.5 Å². The Morgan fingerprint density at radius 2 is 1.68 bits per heavy atom. The summed E-state index contributed by atoms with van der Waals surface area (Å²) in [7, 11) is 0. The zero-order valence-electron chi connectivity index (χ0n) is 10.9. The number of rotatable bonds is 1. The van der Waals surface area contributed by atoms with E-state index in [2.05, 4.69) is 15.9 Å². The maximum atomic E-state index is 12.4. The first-order chi connectivity index (χ1) is 9.09. The maximum Gasteiger partial charge on any atom is 0.237 e. The Hall–Kier alpha value is -1.16. The summed E-state index contributed by atoms with van der Waals surface area (Å²) in [5.74, 6) is -0.182. The van der Waals surface area contributed by atoms with Crippen molar-refractivity contribution >= 4 is 33.4 Å². The third-order valence-electron chi connectivity index (χ3n) is 4.25. The third kappa shape index (κ3) is 2.02. The highest BCUT2D eigenvalue weighted by molar-refractivity contribution is 9.10. The summed E-state index contributed by atoms with van der Waals surface area (Å²) in [5.41, 5.74) is 1.79. The molecule has 0 radical (unpaired) electrons. The van der Waals surface area contributed by atoms with Crippen LogP contribution < -0.4 is 4.90 Å². The molecule has 2 atom stereocenters. The van der Waals surface area contributed by atoms with E-state index in [0.717, 1.165) is 35.7 Å². The number of amides is 2. The minimum atomic E-state index is -0.0821. The smallest absolute Gasteiger partial charge is 0.237 e. The standard InChI is InChI=1S/C15H16BrNO2/c1-9-6-7-10(8-13(9)16)17-14(18)11-4-2-3-5-12(11)15(17)19/h6-8,11-12H,2-5H2,1H3. The van der Waals surface area contributed by atoms with Crippen molar-refractivity contribution in [3.63, 3.8) is 0 Å². The Balaban J connectivity index is 1.98. The van der Waals surface area contributed by atoms with Gasteiger partial charge in [-0.25, -0.2) is 0 Å². The van der Waals surface area contributed by atoms with Crippen LogP contribution in [0.25, 0.3) is 0 Å². The molecule has 2 unspecified atom stereocenters. The summed E-state index contributed by atoms with van der Waals surface area (Å²) in [6.07, 6.45) is 3.84. The number of hydrogen-bond donors (Lipinski definition) is 0. The van der Waals surface area contributed by atoms with Crippen LogP contribution in [0.1, 0.15) is 31.2 Å². The van der Waals surface area contributed by atoms with E-state index in [4.69, 9.17) is 0 Å². The molecule has 100 valence electrons. The largest absolute Gasteiger partial charge is 0.274 e. The van der Waals surface area contributed by atoms with Crippen molar-refractivity contribution in [2.75, 3.05) is 4.90 Å². The highest BCUT2D eigenvalue weighted by Gasteiger charge is 2.48. The van der Waals surface area contributed by atoms with Crippen molar-refractivity contribution < 1.29 is 9.59 Å². The van der Waals surface area contributed by atoms with Crippen molar-refractivity contribution in [2.45, 2.75) is 32.6 Å². The Kier molecular flexibility index (Phi) is 3.21. The molecule has 2 aliphatic rings. The number of carbonyl (C=O) groups is 2. The molecule has 3 nitrogen and oxygen atoms in total. The van der Waals surface area contributed by atoms with Gasteiger partial charge in [0.1, 0.15) is 0 Å². The molecule has 1 saturated heterocycles. The molecule has 1 aromatic carbocycles. The first-order valence-electron chi connectivity index (χ1n) is 6.73. The van der Waals surface area contributed by atoms with Crippen LogP contribution in [-0.2, 0) is 9.59 Å². The van der Waals surface area contributed by atoms with Crippen LogP contribution in [0.3, 0.4) is 0 Å². The van der Waals surface area contributed by atoms with Gasteiger partial charge in [-0.2, -0.15) is 0 Å². The number of anilines is 1. The second-order valence-corrected chi connectivity index (χ2v) is 6.30. The van der Waals surface area contributed by atoms with E-state index >= 15 is 0 Å². The monoisotopic (exact) mass is 321 g/mol.